The maximum atomic E-state index is 12.1. The standard InChI is InChI=1S/C16H33N3O3/c1-4-17-6-12-22-14-13-21-11-5-16(20)19-9-7-18(8-10-19)15(2)3/h15,17H,4-14H2,1-3H3. The van der Waals surface area contributed by atoms with Crippen LogP contribution >= 0.6 is 0 Å². The number of carbonyl (C=O) groups is 1. The van der Waals surface area contributed by atoms with Gasteiger partial charge in [0, 0.05) is 38.8 Å². The van der Waals surface area contributed by atoms with E-state index >= 15 is 0 Å². The lowest BCUT2D eigenvalue weighted by atomic mass is 10.2. The number of piperazine rings is 1. The summed E-state index contributed by atoms with van der Waals surface area (Å²) in [5.41, 5.74) is 0. The Morgan fingerprint density at radius 2 is 1.68 bits per heavy atom. The zero-order chi connectivity index (χ0) is 16.2. The number of amides is 1. The number of nitrogens with one attached hydrogen (secondary N) is 1. The molecule has 1 aliphatic heterocycles. The topological polar surface area (TPSA) is 54.0 Å². The average molecular weight is 315 g/mol. The molecular formula is C16H33N3O3. The summed E-state index contributed by atoms with van der Waals surface area (Å²) < 4.78 is 10.9. The molecule has 0 aliphatic carbocycles. The maximum absolute atomic E-state index is 12.1. The molecule has 0 aromatic carbocycles. The van der Waals surface area contributed by atoms with E-state index < -0.39 is 0 Å². The molecule has 1 aliphatic rings. The highest BCUT2D eigenvalue weighted by atomic mass is 16.5. The van der Waals surface area contributed by atoms with Gasteiger partial charge in [-0.2, -0.15) is 0 Å². The van der Waals surface area contributed by atoms with Crippen LogP contribution in [0.15, 0.2) is 0 Å². The van der Waals surface area contributed by atoms with E-state index in [1.165, 1.54) is 0 Å². The normalized spacial score (nSPS) is 16.5. The molecule has 0 saturated carbocycles. The largest absolute Gasteiger partial charge is 0.379 e. The molecule has 0 atom stereocenters. The van der Waals surface area contributed by atoms with Crippen molar-refractivity contribution in [1.82, 2.24) is 15.1 Å². The molecule has 0 bridgehead atoms. The van der Waals surface area contributed by atoms with Crippen molar-refractivity contribution < 1.29 is 14.3 Å². The summed E-state index contributed by atoms with van der Waals surface area (Å²) in [5.74, 6) is 0.205. The fraction of sp³-hybridized carbons (Fsp3) is 0.938. The van der Waals surface area contributed by atoms with Gasteiger partial charge in [-0.05, 0) is 20.4 Å². The van der Waals surface area contributed by atoms with Gasteiger partial charge >= 0.3 is 0 Å². The monoisotopic (exact) mass is 315 g/mol. The number of hydrogen-bond donors (Lipinski definition) is 1. The molecule has 1 fully saturated rings. The van der Waals surface area contributed by atoms with Gasteiger partial charge in [0.25, 0.3) is 0 Å². The van der Waals surface area contributed by atoms with Crippen LogP contribution in [0.4, 0.5) is 0 Å². The van der Waals surface area contributed by atoms with E-state index in [9.17, 15) is 4.79 Å². The highest BCUT2D eigenvalue weighted by Gasteiger charge is 2.21. The van der Waals surface area contributed by atoms with Gasteiger partial charge < -0.3 is 19.7 Å². The summed E-state index contributed by atoms with van der Waals surface area (Å²) in [7, 11) is 0. The van der Waals surface area contributed by atoms with Gasteiger partial charge in [-0.3, -0.25) is 9.69 Å². The SMILES string of the molecule is CCNCCOCCOCCC(=O)N1CCN(C(C)C)CC1. The summed E-state index contributed by atoms with van der Waals surface area (Å²) >= 11 is 0. The van der Waals surface area contributed by atoms with Crippen molar-refractivity contribution in [1.29, 1.82) is 0 Å². The van der Waals surface area contributed by atoms with Crippen LogP contribution in [0.3, 0.4) is 0 Å². The molecule has 0 unspecified atom stereocenters. The van der Waals surface area contributed by atoms with Gasteiger partial charge in [-0.15, -0.1) is 0 Å². The Labute approximate surface area is 135 Å². The van der Waals surface area contributed by atoms with Crippen molar-refractivity contribution in [2.24, 2.45) is 0 Å². The van der Waals surface area contributed by atoms with E-state index in [4.69, 9.17) is 9.47 Å². The van der Waals surface area contributed by atoms with Crippen molar-refractivity contribution in [2.45, 2.75) is 33.2 Å². The first-order chi connectivity index (χ1) is 10.6. The van der Waals surface area contributed by atoms with E-state index in [1.54, 1.807) is 0 Å². The highest BCUT2D eigenvalue weighted by Crippen LogP contribution is 2.07. The molecule has 0 spiro atoms. The molecule has 22 heavy (non-hydrogen) atoms. The highest BCUT2D eigenvalue weighted by molar-refractivity contribution is 5.76. The van der Waals surface area contributed by atoms with Gasteiger partial charge in [0.05, 0.1) is 32.8 Å². The molecule has 1 amide bonds. The molecule has 130 valence electrons. The summed E-state index contributed by atoms with van der Waals surface area (Å²) in [6, 6.07) is 0.563. The number of ether oxygens (including phenoxy) is 2. The Morgan fingerprint density at radius 1 is 1.05 bits per heavy atom. The zero-order valence-corrected chi connectivity index (χ0v) is 14.5. The van der Waals surface area contributed by atoms with E-state index in [-0.39, 0.29) is 5.91 Å². The average Bonchev–Trinajstić information content (AvgIpc) is 2.53. The first-order valence-electron chi connectivity index (χ1n) is 8.53. The summed E-state index contributed by atoms with van der Waals surface area (Å²) in [5, 5.41) is 3.19. The number of carbonyl (C=O) groups excluding carboxylic acids is 1. The van der Waals surface area contributed by atoms with E-state index in [2.05, 4.69) is 31.0 Å². The molecule has 6 heteroatoms. The third kappa shape index (κ3) is 8.08. The lowest BCUT2D eigenvalue weighted by Crippen LogP contribution is -2.50. The van der Waals surface area contributed by atoms with Gasteiger partial charge in [0.2, 0.25) is 5.91 Å². The van der Waals surface area contributed by atoms with Crippen molar-refractivity contribution in [2.75, 3.05) is 65.7 Å². The Bertz CT molecular complexity index is 292. The number of hydrogen-bond acceptors (Lipinski definition) is 5. The molecule has 0 aromatic heterocycles. The van der Waals surface area contributed by atoms with E-state index in [0.29, 0.717) is 38.9 Å². The van der Waals surface area contributed by atoms with Crippen LogP contribution in [-0.4, -0.2) is 87.4 Å². The first-order valence-corrected chi connectivity index (χ1v) is 8.53. The molecule has 0 radical (unpaired) electrons. The van der Waals surface area contributed by atoms with Crippen LogP contribution in [0.25, 0.3) is 0 Å². The van der Waals surface area contributed by atoms with Crippen molar-refractivity contribution >= 4 is 5.91 Å². The minimum Gasteiger partial charge on any atom is -0.379 e. The van der Waals surface area contributed by atoms with Crippen LogP contribution in [-0.2, 0) is 14.3 Å². The second-order valence-corrected chi connectivity index (χ2v) is 5.84. The summed E-state index contributed by atoms with van der Waals surface area (Å²) in [6.07, 6.45) is 0.471. The minimum atomic E-state index is 0.205. The van der Waals surface area contributed by atoms with Crippen molar-refractivity contribution in [3.8, 4) is 0 Å². The quantitative estimate of drug-likeness (QED) is 0.565. The van der Waals surface area contributed by atoms with Crippen LogP contribution in [0.1, 0.15) is 27.2 Å². The van der Waals surface area contributed by atoms with Crippen molar-refractivity contribution in [3.05, 3.63) is 0 Å². The van der Waals surface area contributed by atoms with E-state index in [1.807, 2.05) is 4.90 Å². The lowest BCUT2D eigenvalue weighted by molar-refractivity contribution is -0.134. The third-order valence-electron chi connectivity index (χ3n) is 3.90. The van der Waals surface area contributed by atoms with E-state index in [0.717, 1.165) is 39.3 Å². The molecule has 0 aromatic rings. The lowest BCUT2D eigenvalue weighted by Gasteiger charge is -2.37. The third-order valence-corrected chi connectivity index (χ3v) is 3.90. The number of likely N-dealkylation sites (N-methyl/N-ethyl adjacent to an activating group) is 1. The van der Waals surface area contributed by atoms with Gasteiger partial charge in [-0.1, -0.05) is 6.92 Å². The Morgan fingerprint density at radius 3 is 2.27 bits per heavy atom. The maximum Gasteiger partial charge on any atom is 0.224 e. The number of rotatable bonds is 11. The second-order valence-electron chi connectivity index (χ2n) is 5.84. The molecule has 1 N–H and O–H groups in total. The predicted molar refractivity (Wildman–Crippen MR) is 88.1 cm³/mol. The van der Waals surface area contributed by atoms with Crippen LogP contribution in [0, 0.1) is 0 Å². The first kappa shape index (κ1) is 19.4. The van der Waals surface area contributed by atoms with Gasteiger partial charge in [0.15, 0.2) is 0 Å². The second kappa shape index (κ2) is 11.8. The minimum absolute atomic E-state index is 0.205. The Kier molecular flexibility index (Phi) is 10.4. The van der Waals surface area contributed by atoms with Crippen LogP contribution in [0.2, 0.25) is 0 Å². The Balaban J connectivity index is 1.96. The number of nitrogens with zero attached hydrogens (tertiary/aromatic N) is 2. The molecule has 1 saturated heterocycles. The Hall–Kier alpha value is -0.690. The zero-order valence-electron chi connectivity index (χ0n) is 14.5. The fourth-order valence-electron chi connectivity index (χ4n) is 2.45. The van der Waals surface area contributed by atoms with Gasteiger partial charge in [0.1, 0.15) is 0 Å². The summed E-state index contributed by atoms with van der Waals surface area (Å²) in [6.45, 7) is 14.3. The fourth-order valence-corrected chi connectivity index (χ4v) is 2.45. The smallest absolute Gasteiger partial charge is 0.224 e. The van der Waals surface area contributed by atoms with Crippen LogP contribution in [0.5, 0.6) is 0 Å². The molecule has 1 rings (SSSR count). The molecule has 1 heterocycles. The van der Waals surface area contributed by atoms with Crippen LogP contribution < -0.4 is 5.32 Å². The predicted octanol–water partition coefficient (Wildman–Crippen LogP) is 0.572. The summed E-state index contributed by atoms with van der Waals surface area (Å²) in [4.78, 5) is 16.4. The van der Waals surface area contributed by atoms with Crippen molar-refractivity contribution in [3.63, 3.8) is 0 Å². The van der Waals surface area contributed by atoms with Gasteiger partial charge in [-0.25, -0.2) is 0 Å². The molecular weight excluding hydrogens is 282 g/mol. The molecule has 6 nitrogen and oxygen atoms in total.